The number of aliphatic carboxylic acids is 1. The summed E-state index contributed by atoms with van der Waals surface area (Å²) >= 11 is 5.63. The number of Topliss-reactive ketones (excluding diaryl/α,β-unsaturated/α-hetero) is 1. The van der Waals surface area contributed by atoms with Crippen LogP contribution in [-0.2, 0) is 4.79 Å². The van der Waals surface area contributed by atoms with Crippen molar-refractivity contribution in [1.29, 1.82) is 0 Å². The van der Waals surface area contributed by atoms with E-state index in [4.69, 9.17) is 11.6 Å². The molecule has 0 bridgehead atoms. The van der Waals surface area contributed by atoms with Crippen molar-refractivity contribution in [3.63, 3.8) is 0 Å². The second kappa shape index (κ2) is 4.77. The topological polar surface area (TPSA) is 57.2 Å². The minimum atomic E-state index is -1.22. The van der Waals surface area contributed by atoms with Crippen LogP contribution in [0.3, 0.4) is 0 Å². The molecule has 0 radical (unpaired) electrons. The minimum Gasteiger partial charge on any atom is -0.550 e. The molecule has 0 amide bonds. The van der Waals surface area contributed by atoms with Gasteiger partial charge in [-0.15, -0.1) is 0 Å². The highest BCUT2D eigenvalue weighted by atomic mass is 35.5. The first-order valence-corrected chi connectivity index (χ1v) is 4.46. The van der Waals surface area contributed by atoms with Gasteiger partial charge in [-0.25, -0.2) is 0 Å². The normalized spacial score (nSPS) is 9.79. The molecule has 0 aliphatic heterocycles. The summed E-state index contributed by atoms with van der Waals surface area (Å²) in [7, 11) is 0. The Morgan fingerprint density at radius 3 is 2.21 bits per heavy atom. The van der Waals surface area contributed by atoms with Crippen molar-refractivity contribution in [3.05, 3.63) is 34.9 Å². The van der Waals surface area contributed by atoms with Crippen molar-refractivity contribution in [2.24, 2.45) is 0 Å². The Hall–Kier alpha value is -1.35. The molecule has 1 rings (SSSR count). The lowest BCUT2D eigenvalue weighted by Gasteiger charge is -2.01. The molecule has 0 aliphatic rings. The lowest BCUT2D eigenvalue weighted by atomic mass is 10.1. The predicted octanol–water partition coefficient (Wildman–Crippen LogP) is 1.05. The molecule has 3 nitrogen and oxygen atoms in total. The van der Waals surface area contributed by atoms with E-state index in [0.717, 1.165) is 0 Å². The van der Waals surface area contributed by atoms with Crippen LogP contribution in [-0.4, -0.2) is 11.8 Å². The number of carboxylic acid groups (broad SMARTS) is 1. The summed E-state index contributed by atoms with van der Waals surface area (Å²) in [6.45, 7) is 0. The molecular formula is C10H8ClO3-. The van der Waals surface area contributed by atoms with Crippen molar-refractivity contribution < 1.29 is 14.7 Å². The van der Waals surface area contributed by atoms with Gasteiger partial charge in [0.15, 0.2) is 5.78 Å². The first-order chi connectivity index (χ1) is 6.59. The average molecular weight is 212 g/mol. The highest BCUT2D eigenvalue weighted by molar-refractivity contribution is 6.30. The predicted molar refractivity (Wildman–Crippen MR) is 50.0 cm³/mol. The maximum absolute atomic E-state index is 11.3. The van der Waals surface area contributed by atoms with E-state index < -0.39 is 5.97 Å². The smallest absolute Gasteiger partial charge is 0.163 e. The number of benzene rings is 1. The molecule has 74 valence electrons. The van der Waals surface area contributed by atoms with Crippen molar-refractivity contribution in [2.45, 2.75) is 12.8 Å². The molecule has 1 aromatic carbocycles. The molecule has 0 fully saturated rings. The Labute approximate surface area is 86.3 Å². The van der Waals surface area contributed by atoms with Gasteiger partial charge in [0.05, 0.1) is 0 Å². The van der Waals surface area contributed by atoms with Gasteiger partial charge in [0.1, 0.15) is 0 Å². The summed E-state index contributed by atoms with van der Waals surface area (Å²) in [5.41, 5.74) is 0.468. The maximum Gasteiger partial charge on any atom is 0.163 e. The second-order valence-corrected chi connectivity index (χ2v) is 3.24. The number of carbonyl (C=O) groups is 2. The van der Waals surface area contributed by atoms with Crippen molar-refractivity contribution in [3.8, 4) is 0 Å². The number of halogens is 1. The van der Waals surface area contributed by atoms with Gasteiger partial charge < -0.3 is 9.90 Å². The van der Waals surface area contributed by atoms with Gasteiger partial charge in [0, 0.05) is 23.0 Å². The quantitative estimate of drug-likeness (QED) is 0.700. The van der Waals surface area contributed by atoms with Gasteiger partial charge in [-0.2, -0.15) is 0 Å². The Balaban J connectivity index is 2.61. The van der Waals surface area contributed by atoms with E-state index in [9.17, 15) is 14.7 Å². The third-order valence-electron chi connectivity index (χ3n) is 1.72. The molecule has 0 spiro atoms. The lowest BCUT2D eigenvalue weighted by Crippen LogP contribution is -2.22. The van der Waals surface area contributed by atoms with E-state index in [-0.39, 0.29) is 18.6 Å². The van der Waals surface area contributed by atoms with Crippen LogP contribution in [0.15, 0.2) is 24.3 Å². The second-order valence-electron chi connectivity index (χ2n) is 2.80. The number of carbonyl (C=O) groups excluding carboxylic acids is 2. The summed E-state index contributed by atoms with van der Waals surface area (Å²) in [6, 6.07) is 6.32. The zero-order chi connectivity index (χ0) is 10.6. The average Bonchev–Trinajstić information content (AvgIpc) is 2.15. The van der Waals surface area contributed by atoms with Crippen LogP contribution in [0.2, 0.25) is 5.02 Å². The molecule has 0 N–H and O–H groups in total. The Morgan fingerprint density at radius 2 is 1.71 bits per heavy atom. The van der Waals surface area contributed by atoms with Gasteiger partial charge in [0.2, 0.25) is 0 Å². The monoisotopic (exact) mass is 211 g/mol. The molecule has 1 aromatic rings. The van der Waals surface area contributed by atoms with Gasteiger partial charge in [-0.3, -0.25) is 4.79 Å². The van der Waals surface area contributed by atoms with Crippen LogP contribution < -0.4 is 5.11 Å². The fourth-order valence-electron chi connectivity index (χ4n) is 0.996. The summed E-state index contributed by atoms with van der Waals surface area (Å²) < 4.78 is 0. The van der Waals surface area contributed by atoms with Crippen LogP contribution in [0.4, 0.5) is 0 Å². The largest absolute Gasteiger partial charge is 0.550 e. The zero-order valence-corrected chi connectivity index (χ0v) is 8.08. The standard InChI is InChI=1S/C10H9ClO3/c11-8-3-1-7(2-4-8)9(12)5-6-10(13)14/h1-4H,5-6H2,(H,13,14)/p-1. The summed E-state index contributed by atoms with van der Waals surface area (Å²) in [6.07, 6.45) is -0.286. The number of hydrogen-bond acceptors (Lipinski definition) is 3. The lowest BCUT2D eigenvalue weighted by molar-refractivity contribution is -0.305. The third kappa shape index (κ3) is 3.18. The summed E-state index contributed by atoms with van der Waals surface area (Å²) in [5, 5.41) is 10.6. The first kappa shape index (κ1) is 10.7. The molecule has 14 heavy (non-hydrogen) atoms. The molecule has 0 saturated carbocycles. The van der Waals surface area contributed by atoms with E-state index in [1.54, 1.807) is 24.3 Å². The SMILES string of the molecule is O=C([O-])CCC(=O)c1ccc(Cl)cc1. The van der Waals surface area contributed by atoms with E-state index in [1.165, 1.54) is 0 Å². The molecule has 0 aromatic heterocycles. The number of carboxylic acids is 1. The van der Waals surface area contributed by atoms with Gasteiger partial charge in [-0.1, -0.05) is 11.6 Å². The van der Waals surface area contributed by atoms with E-state index in [0.29, 0.717) is 10.6 Å². The first-order valence-electron chi connectivity index (χ1n) is 4.08. The van der Waals surface area contributed by atoms with Gasteiger partial charge in [-0.05, 0) is 30.7 Å². The van der Waals surface area contributed by atoms with E-state index in [1.807, 2.05) is 0 Å². The van der Waals surface area contributed by atoms with Crippen LogP contribution in [0.25, 0.3) is 0 Å². The Bertz CT molecular complexity index is 343. The maximum atomic E-state index is 11.3. The molecular weight excluding hydrogens is 204 g/mol. The Kier molecular flexibility index (Phi) is 3.65. The van der Waals surface area contributed by atoms with Gasteiger partial charge in [0.25, 0.3) is 0 Å². The highest BCUT2D eigenvalue weighted by Gasteiger charge is 2.04. The highest BCUT2D eigenvalue weighted by Crippen LogP contribution is 2.11. The minimum absolute atomic E-state index is 0.0377. The van der Waals surface area contributed by atoms with E-state index in [2.05, 4.69) is 0 Å². The van der Waals surface area contributed by atoms with Crippen molar-refractivity contribution >= 4 is 23.4 Å². The van der Waals surface area contributed by atoms with Crippen LogP contribution in [0.1, 0.15) is 23.2 Å². The number of rotatable bonds is 4. The summed E-state index contributed by atoms with van der Waals surface area (Å²) in [5.74, 6) is -1.43. The van der Waals surface area contributed by atoms with Crippen molar-refractivity contribution in [1.82, 2.24) is 0 Å². The van der Waals surface area contributed by atoms with Crippen molar-refractivity contribution in [2.75, 3.05) is 0 Å². The van der Waals surface area contributed by atoms with E-state index >= 15 is 0 Å². The molecule has 0 atom stereocenters. The third-order valence-corrected chi connectivity index (χ3v) is 1.97. The van der Waals surface area contributed by atoms with Crippen LogP contribution >= 0.6 is 11.6 Å². The number of ketones is 1. The fourth-order valence-corrected chi connectivity index (χ4v) is 1.12. The molecule has 0 unspecified atom stereocenters. The molecule has 4 heteroatoms. The molecule has 0 heterocycles. The van der Waals surface area contributed by atoms with Crippen LogP contribution in [0.5, 0.6) is 0 Å². The molecule has 0 saturated heterocycles. The van der Waals surface area contributed by atoms with Crippen LogP contribution in [0, 0.1) is 0 Å². The zero-order valence-electron chi connectivity index (χ0n) is 7.33. The fraction of sp³-hybridized carbons (Fsp3) is 0.200. The molecule has 0 aliphatic carbocycles. The summed E-state index contributed by atoms with van der Waals surface area (Å²) in [4.78, 5) is 21.4. The number of hydrogen-bond donors (Lipinski definition) is 0. The van der Waals surface area contributed by atoms with Gasteiger partial charge >= 0.3 is 0 Å². The Morgan fingerprint density at radius 1 is 1.14 bits per heavy atom.